The van der Waals surface area contributed by atoms with Crippen LogP contribution in [0, 0.1) is 0 Å². The number of cyclic esters (lactones) is 1. The molecule has 44 valence electrons. The molecule has 0 atom stereocenters. The normalized spacial score (nSPS) is 19.4. The maximum Gasteiger partial charge on any atom is 0.355 e. The molecule has 0 saturated carbocycles. The molecule has 0 aromatic carbocycles. The maximum absolute atomic E-state index is 10.3. The molecule has 0 aromatic heterocycles. The lowest BCUT2D eigenvalue weighted by molar-refractivity contribution is -0.136. The van der Waals surface area contributed by atoms with Crippen LogP contribution >= 0.6 is 15.9 Å². The van der Waals surface area contributed by atoms with Gasteiger partial charge in [0, 0.05) is 0 Å². The summed E-state index contributed by atoms with van der Waals surface area (Å²) in [6, 6.07) is 0. The van der Waals surface area contributed by atoms with E-state index >= 15 is 0 Å². The molecule has 2 N–H and O–H groups in total. The highest BCUT2D eigenvalue weighted by atomic mass is 79.9. The van der Waals surface area contributed by atoms with Gasteiger partial charge >= 0.3 is 5.97 Å². The van der Waals surface area contributed by atoms with E-state index in [4.69, 9.17) is 5.73 Å². The first-order valence-corrected chi connectivity index (χ1v) is 2.82. The quantitative estimate of drug-likeness (QED) is 0.535. The summed E-state index contributed by atoms with van der Waals surface area (Å²) in [5.74, 6) is -0.433. The number of esters is 1. The molecule has 1 aliphatic heterocycles. The number of carbonyl (C=O) groups is 1. The Balaban J connectivity index is 2.86. The Morgan fingerprint density at radius 1 is 1.75 bits per heavy atom. The van der Waals surface area contributed by atoms with E-state index in [1.165, 1.54) is 0 Å². The van der Waals surface area contributed by atoms with Crippen LogP contribution in [-0.2, 0) is 9.53 Å². The summed E-state index contributed by atoms with van der Waals surface area (Å²) in [5.41, 5.74) is 5.37. The van der Waals surface area contributed by atoms with E-state index in [0.717, 1.165) is 0 Å². The van der Waals surface area contributed by atoms with Crippen LogP contribution in [-0.4, -0.2) is 12.6 Å². The van der Waals surface area contributed by atoms with Crippen molar-refractivity contribution in [3.05, 3.63) is 10.2 Å². The summed E-state index contributed by atoms with van der Waals surface area (Å²) in [6.45, 7) is 0.282. The van der Waals surface area contributed by atoms with Gasteiger partial charge in [0.2, 0.25) is 0 Å². The third kappa shape index (κ3) is 0.709. The maximum atomic E-state index is 10.3. The molecule has 0 amide bonds. The van der Waals surface area contributed by atoms with E-state index in [9.17, 15) is 4.79 Å². The Hall–Kier alpha value is -0.510. The van der Waals surface area contributed by atoms with Crippen molar-refractivity contribution < 1.29 is 9.53 Å². The number of nitrogens with two attached hydrogens (primary N) is 1. The molecule has 0 aromatic rings. The predicted molar refractivity (Wildman–Crippen MR) is 31.1 cm³/mol. The van der Waals surface area contributed by atoms with Crippen LogP contribution in [0.3, 0.4) is 0 Å². The Morgan fingerprint density at radius 3 is 2.50 bits per heavy atom. The molecule has 1 aliphatic rings. The zero-order valence-corrected chi connectivity index (χ0v) is 5.56. The van der Waals surface area contributed by atoms with Crippen LogP contribution < -0.4 is 5.73 Å². The highest BCUT2D eigenvalue weighted by Crippen LogP contribution is 2.15. The van der Waals surface area contributed by atoms with Crippen LogP contribution in [0.15, 0.2) is 10.2 Å². The van der Waals surface area contributed by atoms with Gasteiger partial charge in [0.15, 0.2) is 0 Å². The molecule has 0 spiro atoms. The molecule has 0 bridgehead atoms. The highest BCUT2D eigenvalue weighted by Gasteiger charge is 2.18. The van der Waals surface area contributed by atoms with Gasteiger partial charge in [0.05, 0.1) is 4.48 Å². The zero-order valence-electron chi connectivity index (χ0n) is 3.98. The SMILES string of the molecule is NC1=C(Br)COC1=O. The van der Waals surface area contributed by atoms with E-state index in [1.54, 1.807) is 0 Å². The molecule has 4 heteroatoms. The Bertz CT molecular complexity index is 163. The Morgan fingerprint density at radius 2 is 2.38 bits per heavy atom. The molecule has 1 heterocycles. The van der Waals surface area contributed by atoms with Crippen molar-refractivity contribution in [3.8, 4) is 0 Å². The van der Waals surface area contributed by atoms with Crippen LogP contribution in [0.4, 0.5) is 0 Å². The van der Waals surface area contributed by atoms with Crippen molar-refractivity contribution in [1.82, 2.24) is 0 Å². The van der Waals surface area contributed by atoms with Gasteiger partial charge in [0.1, 0.15) is 12.3 Å². The average Bonchev–Trinajstić information content (AvgIpc) is 1.98. The molecule has 0 radical (unpaired) electrons. The summed E-state index contributed by atoms with van der Waals surface area (Å²) in [5, 5.41) is 0. The minimum absolute atomic E-state index is 0.185. The fourth-order valence-corrected chi connectivity index (χ4v) is 0.671. The second-order valence-electron chi connectivity index (χ2n) is 1.39. The number of rotatable bonds is 0. The van der Waals surface area contributed by atoms with Crippen LogP contribution in [0.1, 0.15) is 0 Å². The van der Waals surface area contributed by atoms with Crippen molar-refractivity contribution in [1.29, 1.82) is 0 Å². The molecule has 8 heavy (non-hydrogen) atoms. The van der Waals surface area contributed by atoms with Crippen LogP contribution in [0.25, 0.3) is 0 Å². The third-order valence-corrected chi connectivity index (χ3v) is 1.50. The Kier molecular flexibility index (Phi) is 1.25. The number of carbonyl (C=O) groups excluding carboxylic acids is 1. The lowest BCUT2D eigenvalue weighted by Gasteiger charge is -1.85. The molecule has 0 unspecified atom stereocenters. The first kappa shape index (κ1) is 5.62. The topological polar surface area (TPSA) is 52.3 Å². The van der Waals surface area contributed by atoms with E-state index in [2.05, 4.69) is 20.7 Å². The minimum atomic E-state index is -0.433. The van der Waals surface area contributed by atoms with Crippen molar-refractivity contribution in [3.63, 3.8) is 0 Å². The summed E-state index contributed by atoms with van der Waals surface area (Å²) in [7, 11) is 0. The van der Waals surface area contributed by atoms with E-state index < -0.39 is 5.97 Å². The molecule has 0 saturated heterocycles. The van der Waals surface area contributed by atoms with Crippen molar-refractivity contribution in [2.75, 3.05) is 6.61 Å². The highest BCUT2D eigenvalue weighted by molar-refractivity contribution is 9.11. The first-order valence-electron chi connectivity index (χ1n) is 2.03. The second kappa shape index (κ2) is 1.78. The van der Waals surface area contributed by atoms with Gasteiger partial charge in [-0.2, -0.15) is 0 Å². The van der Waals surface area contributed by atoms with Gasteiger partial charge in [-0.15, -0.1) is 0 Å². The number of halogens is 1. The molecule has 0 aliphatic carbocycles. The summed E-state index contributed by atoms with van der Waals surface area (Å²) in [4.78, 5) is 10.3. The smallest absolute Gasteiger partial charge is 0.355 e. The molecule has 0 fully saturated rings. The Labute approximate surface area is 54.6 Å². The van der Waals surface area contributed by atoms with Gasteiger partial charge in [-0.3, -0.25) is 0 Å². The number of ether oxygens (including phenoxy) is 1. The summed E-state index contributed by atoms with van der Waals surface area (Å²) < 4.78 is 5.13. The average molecular weight is 178 g/mol. The van der Waals surface area contributed by atoms with E-state index in [-0.39, 0.29) is 12.3 Å². The first-order chi connectivity index (χ1) is 3.72. The van der Waals surface area contributed by atoms with Crippen molar-refractivity contribution in [2.24, 2.45) is 5.73 Å². The van der Waals surface area contributed by atoms with Gasteiger partial charge < -0.3 is 10.5 Å². The molecule has 1 rings (SSSR count). The minimum Gasteiger partial charge on any atom is -0.455 e. The monoisotopic (exact) mass is 177 g/mol. The largest absolute Gasteiger partial charge is 0.455 e. The fraction of sp³-hybridized carbons (Fsp3) is 0.250. The zero-order chi connectivity index (χ0) is 6.15. The summed E-state index contributed by atoms with van der Waals surface area (Å²) >= 11 is 3.05. The second-order valence-corrected chi connectivity index (χ2v) is 2.35. The standard InChI is InChI=1S/C4H4BrNO2/c5-2-1-8-4(7)3(2)6/h1,6H2. The van der Waals surface area contributed by atoms with Gasteiger partial charge in [-0.1, -0.05) is 0 Å². The van der Waals surface area contributed by atoms with E-state index in [0.29, 0.717) is 4.48 Å². The third-order valence-electron chi connectivity index (χ3n) is 0.842. The lowest BCUT2D eigenvalue weighted by Crippen LogP contribution is -2.06. The van der Waals surface area contributed by atoms with Crippen LogP contribution in [0.2, 0.25) is 0 Å². The van der Waals surface area contributed by atoms with Gasteiger partial charge in [-0.25, -0.2) is 4.79 Å². The lowest BCUT2D eigenvalue weighted by atomic mass is 10.5. The molecular formula is C4H4BrNO2. The summed E-state index contributed by atoms with van der Waals surface area (Å²) in [6.07, 6.45) is 0. The molecule has 3 nitrogen and oxygen atoms in total. The van der Waals surface area contributed by atoms with Crippen LogP contribution in [0.5, 0.6) is 0 Å². The number of hydrogen-bond acceptors (Lipinski definition) is 3. The van der Waals surface area contributed by atoms with Gasteiger partial charge in [-0.05, 0) is 15.9 Å². The fourth-order valence-electron chi connectivity index (χ4n) is 0.395. The predicted octanol–water partition coefficient (Wildman–Crippen LogP) is 0.108. The molecular weight excluding hydrogens is 174 g/mol. The van der Waals surface area contributed by atoms with Gasteiger partial charge in [0.25, 0.3) is 0 Å². The number of hydrogen-bond donors (Lipinski definition) is 1. The van der Waals surface area contributed by atoms with Crippen molar-refractivity contribution >= 4 is 21.9 Å². The van der Waals surface area contributed by atoms with E-state index in [1.807, 2.05) is 0 Å². The van der Waals surface area contributed by atoms with Crippen molar-refractivity contribution in [2.45, 2.75) is 0 Å².